The molecule has 1 heterocycles. The molecule has 2 aromatic rings. The molecular weight excluding hydrogens is 373 g/mol. The first-order chi connectivity index (χ1) is 10.2. The van der Waals surface area contributed by atoms with Crippen molar-refractivity contribution in [3.8, 4) is 5.75 Å². The molecule has 0 fully saturated rings. The number of halogens is 1. The Morgan fingerprint density at radius 2 is 2.14 bits per heavy atom. The SMILES string of the molecule is CCNC(c1ccc2c(c1)CCO2)c1cccc(C)c1I. The van der Waals surface area contributed by atoms with Gasteiger partial charge in [0, 0.05) is 9.99 Å². The Morgan fingerprint density at radius 1 is 1.29 bits per heavy atom. The normalized spacial score (nSPS) is 14.6. The van der Waals surface area contributed by atoms with Crippen molar-refractivity contribution < 1.29 is 4.74 Å². The molecule has 1 atom stereocenters. The predicted octanol–water partition coefficient (Wildman–Crippen LogP) is 4.23. The molecule has 1 unspecified atom stereocenters. The monoisotopic (exact) mass is 393 g/mol. The molecule has 3 heteroatoms. The van der Waals surface area contributed by atoms with Crippen molar-refractivity contribution in [1.29, 1.82) is 0 Å². The van der Waals surface area contributed by atoms with Crippen LogP contribution in [0.5, 0.6) is 5.75 Å². The van der Waals surface area contributed by atoms with Gasteiger partial charge in [0.1, 0.15) is 5.75 Å². The molecule has 2 nitrogen and oxygen atoms in total. The minimum atomic E-state index is 0.243. The van der Waals surface area contributed by atoms with Crippen LogP contribution in [-0.4, -0.2) is 13.2 Å². The van der Waals surface area contributed by atoms with Crippen molar-refractivity contribution in [1.82, 2.24) is 5.32 Å². The van der Waals surface area contributed by atoms with Crippen molar-refractivity contribution in [2.24, 2.45) is 0 Å². The quantitative estimate of drug-likeness (QED) is 0.785. The van der Waals surface area contributed by atoms with Gasteiger partial charge in [0.25, 0.3) is 0 Å². The lowest BCUT2D eigenvalue weighted by atomic mass is 9.95. The van der Waals surface area contributed by atoms with E-state index in [1.165, 1.54) is 25.8 Å². The van der Waals surface area contributed by atoms with Gasteiger partial charge in [-0.05, 0) is 64.4 Å². The number of rotatable bonds is 4. The fourth-order valence-corrected chi connectivity index (χ4v) is 3.56. The van der Waals surface area contributed by atoms with E-state index in [2.05, 4.69) is 78.2 Å². The van der Waals surface area contributed by atoms with Crippen LogP contribution in [0.1, 0.15) is 35.2 Å². The Bertz CT molecular complexity index is 654. The number of ether oxygens (including phenoxy) is 1. The second-order valence-corrected chi connectivity index (χ2v) is 6.51. The average molecular weight is 393 g/mol. The molecule has 21 heavy (non-hydrogen) atoms. The van der Waals surface area contributed by atoms with Crippen LogP contribution in [0.3, 0.4) is 0 Å². The third-order valence-corrected chi connectivity index (χ3v) is 5.46. The second kappa shape index (κ2) is 6.36. The maximum absolute atomic E-state index is 5.62. The first-order valence-corrected chi connectivity index (χ1v) is 8.52. The minimum Gasteiger partial charge on any atom is -0.493 e. The molecule has 0 saturated heterocycles. The summed E-state index contributed by atoms with van der Waals surface area (Å²) in [5, 5.41) is 3.63. The van der Waals surface area contributed by atoms with E-state index in [1.807, 2.05) is 0 Å². The molecule has 1 aliphatic rings. The predicted molar refractivity (Wildman–Crippen MR) is 95.1 cm³/mol. The van der Waals surface area contributed by atoms with Crippen LogP contribution in [0.25, 0.3) is 0 Å². The summed E-state index contributed by atoms with van der Waals surface area (Å²) >= 11 is 2.46. The zero-order valence-electron chi connectivity index (χ0n) is 12.4. The van der Waals surface area contributed by atoms with Gasteiger partial charge < -0.3 is 10.1 Å². The Hall–Kier alpha value is -1.07. The largest absolute Gasteiger partial charge is 0.493 e. The van der Waals surface area contributed by atoms with Gasteiger partial charge in [0.15, 0.2) is 0 Å². The molecule has 0 aromatic heterocycles. The molecule has 0 spiro atoms. The smallest absolute Gasteiger partial charge is 0.122 e. The summed E-state index contributed by atoms with van der Waals surface area (Å²) < 4.78 is 6.96. The molecular formula is C18H20INO. The maximum atomic E-state index is 5.62. The van der Waals surface area contributed by atoms with Crippen LogP contribution in [0.4, 0.5) is 0 Å². The highest BCUT2D eigenvalue weighted by atomic mass is 127. The van der Waals surface area contributed by atoms with E-state index in [0.29, 0.717) is 0 Å². The van der Waals surface area contributed by atoms with Gasteiger partial charge in [-0.15, -0.1) is 0 Å². The summed E-state index contributed by atoms with van der Waals surface area (Å²) in [5.41, 5.74) is 5.35. The second-order valence-electron chi connectivity index (χ2n) is 5.43. The zero-order valence-corrected chi connectivity index (χ0v) is 14.6. The number of hydrogen-bond acceptors (Lipinski definition) is 2. The summed E-state index contributed by atoms with van der Waals surface area (Å²) in [5.74, 6) is 1.05. The zero-order chi connectivity index (χ0) is 14.8. The van der Waals surface area contributed by atoms with E-state index < -0.39 is 0 Å². The molecule has 110 valence electrons. The van der Waals surface area contributed by atoms with E-state index in [0.717, 1.165) is 25.3 Å². The van der Waals surface area contributed by atoms with E-state index >= 15 is 0 Å². The summed E-state index contributed by atoms with van der Waals surface area (Å²) in [6.07, 6.45) is 1.02. The molecule has 0 amide bonds. The van der Waals surface area contributed by atoms with Crippen molar-refractivity contribution in [2.75, 3.05) is 13.2 Å². The van der Waals surface area contributed by atoms with Gasteiger partial charge >= 0.3 is 0 Å². The molecule has 0 saturated carbocycles. The number of benzene rings is 2. The van der Waals surface area contributed by atoms with Crippen LogP contribution in [0, 0.1) is 10.5 Å². The van der Waals surface area contributed by atoms with Crippen LogP contribution < -0.4 is 10.1 Å². The van der Waals surface area contributed by atoms with Gasteiger partial charge in [0.05, 0.1) is 12.6 Å². The van der Waals surface area contributed by atoms with Gasteiger partial charge in [-0.1, -0.05) is 37.3 Å². The van der Waals surface area contributed by atoms with Crippen LogP contribution >= 0.6 is 22.6 Å². The van der Waals surface area contributed by atoms with Crippen LogP contribution in [-0.2, 0) is 6.42 Å². The summed E-state index contributed by atoms with van der Waals surface area (Å²) in [6, 6.07) is 13.4. The van der Waals surface area contributed by atoms with Crippen LogP contribution in [0.15, 0.2) is 36.4 Å². The lowest BCUT2D eigenvalue weighted by Crippen LogP contribution is -2.23. The van der Waals surface area contributed by atoms with Crippen molar-refractivity contribution >= 4 is 22.6 Å². The molecule has 3 rings (SSSR count). The van der Waals surface area contributed by atoms with Gasteiger partial charge in [-0.2, -0.15) is 0 Å². The summed E-state index contributed by atoms with van der Waals surface area (Å²) in [6.45, 7) is 6.09. The topological polar surface area (TPSA) is 21.3 Å². The third kappa shape index (κ3) is 2.94. The number of hydrogen-bond donors (Lipinski definition) is 1. The van der Waals surface area contributed by atoms with Gasteiger partial charge in [-0.25, -0.2) is 0 Å². The Balaban J connectivity index is 2.03. The number of fused-ring (bicyclic) bond motifs is 1. The van der Waals surface area contributed by atoms with E-state index in [1.54, 1.807) is 0 Å². The Morgan fingerprint density at radius 3 is 2.95 bits per heavy atom. The highest BCUT2D eigenvalue weighted by Gasteiger charge is 2.19. The molecule has 0 radical (unpaired) electrons. The lowest BCUT2D eigenvalue weighted by Gasteiger charge is -2.22. The standard InChI is InChI=1S/C18H20INO/c1-3-20-18(15-6-4-5-12(2)17(15)19)14-7-8-16-13(11-14)9-10-21-16/h4-8,11,18,20H,3,9-10H2,1-2H3. The van der Waals surface area contributed by atoms with Crippen LogP contribution in [0.2, 0.25) is 0 Å². The lowest BCUT2D eigenvalue weighted by molar-refractivity contribution is 0.357. The van der Waals surface area contributed by atoms with Gasteiger partial charge in [-0.3, -0.25) is 0 Å². The van der Waals surface area contributed by atoms with Crippen molar-refractivity contribution in [3.05, 3.63) is 62.2 Å². The fraction of sp³-hybridized carbons (Fsp3) is 0.333. The van der Waals surface area contributed by atoms with Crippen molar-refractivity contribution in [2.45, 2.75) is 26.3 Å². The molecule has 0 bridgehead atoms. The van der Waals surface area contributed by atoms with E-state index in [4.69, 9.17) is 4.74 Å². The first kappa shape index (κ1) is 14.9. The third-order valence-electron chi connectivity index (χ3n) is 3.99. The van der Waals surface area contributed by atoms with E-state index in [9.17, 15) is 0 Å². The van der Waals surface area contributed by atoms with Gasteiger partial charge in [0.2, 0.25) is 0 Å². The minimum absolute atomic E-state index is 0.243. The molecule has 0 aliphatic carbocycles. The number of aryl methyl sites for hydroxylation is 1. The summed E-state index contributed by atoms with van der Waals surface area (Å²) in [4.78, 5) is 0. The Kier molecular flexibility index (Phi) is 4.50. The Labute approximate surface area is 140 Å². The summed E-state index contributed by atoms with van der Waals surface area (Å²) in [7, 11) is 0. The number of nitrogens with one attached hydrogen (secondary N) is 1. The fourth-order valence-electron chi connectivity index (χ4n) is 2.89. The molecule has 1 aliphatic heterocycles. The first-order valence-electron chi connectivity index (χ1n) is 7.44. The highest BCUT2D eigenvalue weighted by Crippen LogP contribution is 2.32. The highest BCUT2D eigenvalue weighted by molar-refractivity contribution is 14.1. The van der Waals surface area contributed by atoms with Crippen molar-refractivity contribution in [3.63, 3.8) is 0 Å². The maximum Gasteiger partial charge on any atom is 0.122 e. The molecule has 1 N–H and O–H groups in total. The van der Waals surface area contributed by atoms with E-state index in [-0.39, 0.29) is 6.04 Å². The average Bonchev–Trinajstić information content (AvgIpc) is 2.95. The molecule has 2 aromatic carbocycles.